The van der Waals surface area contributed by atoms with Crippen molar-refractivity contribution < 1.29 is 9.18 Å². The number of halogens is 1. The molecule has 1 aliphatic rings. The first-order chi connectivity index (χ1) is 12.7. The number of likely N-dealkylation sites (tertiary alicyclic amines) is 1. The van der Waals surface area contributed by atoms with E-state index in [2.05, 4.69) is 25.1 Å². The number of rotatable bonds is 3. The fourth-order valence-electron chi connectivity index (χ4n) is 3.14. The van der Waals surface area contributed by atoms with Crippen LogP contribution < -0.4 is 0 Å². The van der Waals surface area contributed by atoms with Gasteiger partial charge in [-0.3, -0.25) is 14.9 Å². The van der Waals surface area contributed by atoms with Crippen molar-refractivity contribution in [2.24, 2.45) is 0 Å². The fraction of sp³-hybridized carbons (Fsp3) is 0.278. The second kappa shape index (κ2) is 6.99. The molecule has 0 saturated carbocycles. The summed E-state index contributed by atoms with van der Waals surface area (Å²) in [5.74, 6) is 0.917. The van der Waals surface area contributed by atoms with Crippen molar-refractivity contribution >= 4 is 5.91 Å². The monoisotopic (exact) mass is 352 g/mol. The minimum absolute atomic E-state index is 0.0751. The maximum absolute atomic E-state index is 13.1. The highest BCUT2D eigenvalue weighted by Gasteiger charge is 2.28. The van der Waals surface area contributed by atoms with E-state index in [1.165, 1.54) is 24.5 Å². The summed E-state index contributed by atoms with van der Waals surface area (Å²) in [6, 6.07) is 6.06. The predicted molar refractivity (Wildman–Crippen MR) is 91.7 cm³/mol. The van der Waals surface area contributed by atoms with Gasteiger partial charge in [0.2, 0.25) is 0 Å². The van der Waals surface area contributed by atoms with Gasteiger partial charge in [0.05, 0.1) is 6.20 Å². The fourth-order valence-corrected chi connectivity index (χ4v) is 3.14. The molecule has 4 rings (SSSR count). The van der Waals surface area contributed by atoms with Crippen molar-refractivity contribution in [3.05, 3.63) is 60.2 Å². The number of benzene rings is 1. The molecule has 0 spiro atoms. The molecule has 1 aromatic carbocycles. The zero-order valence-corrected chi connectivity index (χ0v) is 14.0. The molecule has 0 bridgehead atoms. The molecule has 1 saturated heterocycles. The summed E-state index contributed by atoms with van der Waals surface area (Å²) in [5.41, 5.74) is 1.09. The molecule has 132 valence electrons. The molecule has 3 heterocycles. The third kappa shape index (κ3) is 3.30. The van der Waals surface area contributed by atoms with E-state index in [1.807, 2.05) is 0 Å². The first-order valence-corrected chi connectivity index (χ1v) is 8.44. The molecule has 1 N–H and O–H groups in total. The number of hydrogen-bond acceptors (Lipinski definition) is 5. The number of nitrogens with zero attached hydrogens (tertiary/aromatic N) is 5. The quantitative estimate of drug-likeness (QED) is 0.782. The molecule has 1 aliphatic heterocycles. The summed E-state index contributed by atoms with van der Waals surface area (Å²) >= 11 is 0. The zero-order chi connectivity index (χ0) is 17.9. The van der Waals surface area contributed by atoms with E-state index in [4.69, 9.17) is 0 Å². The molecule has 0 aliphatic carbocycles. The van der Waals surface area contributed by atoms with Gasteiger partial charge >= 0.3 is 0 Å². The lowest BCUT2D eigenvalue weighted by Crippen LogP contribution is -2.39. The van der Waals surface area contributed by atoms with Crippen molar-refractivity contribution in [3.63, 3.8) is 0 Å². The van der Waals surface area contributed by atoms with Gasteiger partial charge in [-0.25, -0.2) is 14.4 Å². The standard InChI is InChI=1S/C18H17FN6O/c19-14-5-3-12(4-6-14)16-22-17(24-23-16)13-2-1-9-25(11-13)18(26)15-10-20-7-8-21-15/h3-8,10,13H,1-2,9,11H2,(H,22,23,24). The Morgan fingerprint density at radius 3 is 2.85 bits per heavy atom. The van der Waals surface area contributed by atoms with Crippen LogP contribution in [0.15, 0.2) is 42.9 Å². The number of hydrogen-bond donors (Lipinski definition) is 1. The van der Waals surface area contributed by atoms with Crippen LogP contribution in [0.4, 0.5) is 4.39 Å². The van der Waals surface area contributed by atoms with E-state index in [1.54, 1.807) is 23.2 Å². The number of carbonyl (C=O) groups is 1. The van der Waals surface area contributed by atoms with Gasteiger partial charge < -0.3 is 4.90 Å². The molecular formula is C18H17FN6O. The maximum Gasteiger partial charge on any atom is 0.274 e. The van der Waals surface area contributed by atoms with Gasteiger partial charge in [-0.05, 0) is 37.1 Å². The Balaban J connectivity index is 1.50. The van der Waals surface area contributed by atoms with Crippen LogP contribution in [0.5, 0.6) is 0 Å². The minimum Gasteiger partial charge on any atom is -0.337 e. The SMILES string of the molecule is O=C(c1cnccn1)N1CCCC(c2nc(-c3ccc(F)cc3)n[nH]2)C1. The topological polar surface area (TPSA) is 87.7 Å². The second-order valence-corrected chi connectivity index (χ2v) is 6.23. The number of H-pyrrole nitrogens is 1. The van der Waals surface area contributed by atoms with E-state index < -0.39 is 0 Å². The van der Waals surface area contributed by atoms with Crippen molar-refractivity contribution in [1.82, 2.24) is 30.0 Å². The summed E-state index contributed by atoms with van der Waals surface area (Å²) in [5, 5.41) is 7.20. The van der Waals surface area contributed by atoms with Crippen molar-refractivity contribution in [1.29, 1.82) is 0 Å². The smallest absolute Gasteiger partial charge is 0.274 e. The Bertz CT molecular complexity index is 896. The highest BCUT2D eigenvalue weighted by Crippen LogP contribution is 2.26. The molecular weight excluding hydrogens is 335 g/mol. The molecule has 3 aromatic rings. The number of aromatic amines is 1. The Labute approximate surface area is 149 Å². The van der Waals surface area contributed by atoms with Gasteiger partial charge in [0.1, 0.15) is 17.3 Å². The first kappa shape index (κ1) is 16.3. The minimum atomic E-state index is -0.296. The summed E-state index contributed by atoms with van der Waals surface area (Å²) in [6.07, 6.45) is 6.33. The highest BCUT2D eigenvalue weighted by atomic mass is 19.1. The van der Waals surface area contributed by atoms with Gasteiger partial charge in [0.25, 0.3) is 5.91 Å². The Kier molecular flexibility index (Phi) is 4.39. The number of nitrogens with one attached hydrogen (secondary N) is 1. The van der Waals surface area contributed by atoms with Crippen LogP contribution in [0.25, 0.3) is 11.4 Å². The lowest BCUT2D eigenvalue weighted by molar-refractivity contribution is 0.0698. The van der Waals surface area contributed by atoms with Crippen LogP contribution in [-0.2, 0) is 0 Å². The van der Waals surface area contributed by atoms with Crippen LogP contribution in [-0.4, -0.2) is 49.0 Å². The zero-order valence-electron chi connectivity index (χ0n) is 14.0. The molecule has 2 aromatic heterocycles. The van der Waals surface area contributed by atoms with Crippen LogP contribution in [0.3, 0.4) is 0 Å². The third-order valence-corrected chi connectivity index (χ3v) is 4.48. The summed E-state index contributed by atoms with van der Waals surface area (Å²) < 4.78 is 13.1. The number of aromatic nitrogens is 5. The normalized spacial score (nSPS) is 17.3. The second-order valence-electron chi connectivity index (χ2n) is 6.23. The number of carbonyl (C=O) groups excluding carboxylic acids is 1. The lowest BCUT2D eigenvalue weighted by atomic mass is 9.97. The van der Waals surface area contributed by atoms with E-state index in [9.17, 15) is 9.18 Å². The lowest BCUT2D eigenvalue weighted by Gasteiger charge is -2.31. The summed E-state index contributed by atoms with van der Waals surface area (Å²) in [6.45, 7) is 1.23. The Morgan fingerprint density at radius 1 is 1.23 bits per heavy atom. The molecule has 8 heteroatoms. The molecule has 7 nitrogen and oxygen atoms in total. The largest absolute Gasteiger partial charge is 0.337 e. The van der Waals surface area contributed by atoms with Gasteiger partial charge in [0, 0.05) is 37.0 Å². The number of amides is 1. The average molecular weight is 352 g/mol. The highest BCUT2D eigenvalue weighted by molar-refractivity contribution is 5.92. The maximum atomic E-state index is 13.1. The van der Waals surface area contributed by atoms with Gasteiger partial charge in [0.15, 0.2) is 5.82 Å². The summed E-state index contributed by atoms with van der Waals surface area (Å²) in [4.78, 5) is 26.9. The van der Waals surface area contributed by atoms with E-state index in [-0.39, 0.29) is 17.6 Å². The van der Waals surface area contributed by atoms with Crippen molar-refractivity contribution in [2.75, 3.05) is 13.1 Å². The third-order valence-electron chi connectivity index (χ3n) is 4.48. The molecule has 1 amide bonds. The van der Waals surface area contributed by atoms with Crippen molar-refractivity contribution in [2.45, 2.75) is 18.8 Å². The average Bonchev–Trinajstić information content (AvgIpc) is 3.19. The van der Waals surface area contributed by atoms with E-state index >= 15 is 0 Å². The molecule has 26 heavy (non-hydrogen) atoms. The van der Waals surface area contributed by atoms with Crippen molar-refractivity contribution in [3.8, 4) is 11.4 Å². The molecule has 1 unspecified atom stereocenters. The van der Waals surface area contributed by atoms with Crippen LogP contribution in [0.1, 0.15) is 35.1 Å². The van der Waals surface area contributed by atoms with Crippen LogP contribution >= 0.6 is 0 Å². The Morgan fingerprint density at radius 2 is 2.08 bits per heavy atom. The summed E-state index contributed by atoms with van der Waals surface area (Å²) in [7, 11) is 0. The molecule has 0 radical (unpaired) electrons. The first-order valence-electron chi connectivity index (χ1n) is 8.44. The molecule has 1 atom stereocenters. The predicted octanol–water partition coefficient (Wildman–Crippen LogP) is 2.42. The van der Waals surface area contributed by atoms with Gasteiger partial charge in [-0.1, -0.05) is 0 Å². The number of piperidine rings is 1. The van der Waals surface area contributed by atoms with E-state index in [0.29, 0.717) is 24.6 Å². The molecule has 1 fully saturated rings. The van der Waals surface area contributed by atoms with Crippen LogP contribution in [0.2, 0.25) is 0 Å². The Hall–Kier alpha value is -3.16. The van der Waals surface area contributed by atoms with Crippen LogP contribution in [0, 0.1) is 5.82 Å². The van der Waals surface area contributed by atoms with Gasteiger partial charge in [-0.2, -0.15) is 5.10 Å². The van der Waals surface area contributed by atoms with Gasteiger partial charge in [-0.15, -0.1) is 0 Å². The van der Waals surface area contributed by atoms with E-state index in [0.717, 1.165) is 24.2 Å².